The van der Waals surface area contributed by atoms with Crippen LogP contribution in [0.2, 0.25) is 0 Å². The van der Waals surface area contributed by atoms with Crippen LogP contribution in [0.25, 0.3) is 0 Å². The molecule has 1 aromatic carbocycles. The third-order valence-electron chi connectivity index (χ3n) is 1.57. The molecule has 0 radical (unpaired) electrons. The summed E-state index contributed by atoms with van der Waals surface area (Å²) in [6.45, 7) is 1.96. The summed E-state index contributed by atoms with van der Waals surface area (Å²) in [5.41, 5.74) is 6.77. The Bertz CT molecular complexity index is 273. The van der Waals surface area contributed by atoms with E-state index < -0.39 is 0 Å². The van der Waals surface area contributed by atoms with E-state index in [9.17, 15) is 5.11 Å². The molecule has 66 valence electrons. The molecule has 0 aliphatic heterocycles. The molecular weight excluding hydrogens is 218 g/mol. The topological polar surface area (TPSA) is 46.2 Å². The van der Waals surface area contributed by atoms with E-state index >= 15 is 0 Å². The van der Waals surface area contributed by atoms with Crippen molar-refractivity contribution in [2.75, 3.05) is 0 Å². The molecule has 0 bridgehead atoms. The molecule has 2 nitrogen and oxygen atoms in total. The minimum Gasteiger partial charge on any atom is -0.507 e. The highest BCUT2D eigenvalue weighted by Crippen LogP contribution is 2.24. The highest BCUT2D eigenvalue weighted by molar-refractivity contribution is 9.10. The summed E-state index contributed by atoms with van der Waals surface area (Å²) in [6, 6.07) is 5.59. The minimum atomic E-state index is 0.154. The lowest BCUT2D eigenvalue weighted by Crippen LogP contribution is -2.17. The van der Waals surface area contributed by atoms with Gasteiger partial charge in [0, 0.05) is 6.04 Å². The average molecular weight is 230 g/mol. The zero-order chi connectivity index (χ0) is 9.14. The quantitative estimate of drug-likeness (QED) is 0.816. The van der Waals surface area contributed by atoms with Gasteiger partial charge in [0.25, 0.3) is 0 Å². The van der Waals surface area contributed by atoms with Crippen LogP contribution in [0, 0.1) is 0 Å². The second-order valence-electron chi connectivity index (χ2n) is 2.97. The van der Waals surface area contributed by atoms with Crippen LogP contribution in [0.5, 0.6) is 5.75 Å². The van der Waals surface area contributed by atoms with Crippen LogP contribution in [0.1, 0.15) is 12.5 Å². The maximum Gasteiger partial charge on any atom is 0.129 e. The van der Waals surface area contributed by atoms with E-state index in [2.05, 4.69) is 15.9 Å². The van der Waals surface area contributed by atoms with Crippen molar-refractivity contribution in [3.63, 3.8) is 0 Å². The molecule has 0 aromatic heterocycles. The van der Waals surface area contributed by atoms with Crippen LogP contribution in [0.15, 0.2) is 22.7 Å². The molecule has 1 rings (SSSR count). The fourth-order valence-electron chi connectivity index (χ4n) is 1.05. The van der Waals surface area contributed by atoms with Gasteiger partial charge in [0.1, 0.15) is 5.75 Å². The SMILES string of the molecule is C[C@@H](N)Cc1ccc(O)c(Br)c1. The van der Waals surface area contributed by atoms with Gasteiger partial charge < -0.3 is 10.8 Å². The Balaban J connectivity index is 2.82. The number of halogens is 1. The molecule has 0 saturated carbocycles. The minimum absolute atomic E-state index is 0.154. The maximum atomic E-state index is 9.20. The van der Waals surface area contributed by atoms with Crippen molar-refractivity contribution in [2.24, 2.45) is 5.73 Å². The van der Waals surface area contributed by atoms with Crippen molar-refractivity contribution in [1.29, 1.82) is 0 Å². The molecule has 0 saturated heterocycles. The second kappa shape index (κ2) is 3.92. The molecule has 0 aliphatic carbocycles. The summed E-state index contributed by atoms with van der Waals surface area (Å²) in [5, 5.41) is 9.20. The lowest BCUT2D eigenvalue weighted by atomic mass is 10.1. The molecule has 0 aliphatic rings. The van der Waals surface area contributed by atoms with Gasteiger partial charge >= 0.3 is 0 Å². The van der Waals surface area contributed by atoms with Crippen LogP contribution in [0.4, 0.5) is 0 Å². The third kappa shape index (κ3) is 2.50. The highest BCUT2D eigenvalue weighted by Gasteiger charge is 2.01. The van der Waals surface area contributed by atoms with Crippen molar-refractivity contribution >= 4 is 15.9 Å². The van der Waals surface area contributed by atoms with Crippen molar-refractivity contribution in [1.82, 2.24) is 0 Å². The van der Waals surface area contributed by atoms with Gasteiger partial charge in [0.05, 0.1) is 4.47 Å². The zero-order valence-electron chi connectivity index (χ0n) is 6.92. The van der Waals surface area contributed by atoms with Crippen molar-refractivity contribution in [2.45, 2.75) is 19.4 Å². The number of benzene rings is 1. The molecule has 12 heavy (non-hydrogen) atoms. The normalized spacial score (nSPS) is 12.9. The van der Waals surface area contributed by atoms with Crippen LogP contribution >= 0.6 is 15.9 Å². The number of hydrogen-bond acceptors (Lipinski definition) is 2. The van der Waals surface area contributed by atoms with Crippen molar-refractivity contribution in [3.8, 4) is 5.75 Å². The summed E-state index contributed by atoms with van der Waals surface area (Å²) in [7, 11) is 0. The average Bonchev–Trinajstić information content (AvgIpc) is 1.96. The Morgan fingerprint density at radius 2 is 2.25 bits per heavy atom. The fourth-order valence-corrected chi connectivity index (χ4v) is 1.48. The van der Waals surface area contributed by atoms with Gasteiger partial charge in [-0.05, 0) is 47.0 Å². The molecule has 0 amide bonds. The van der Waals surface area contributed by atoms with Crippen molar-refractivity contribution < 1.29 is 5.11 Å². The summed E-state index contributed by atoms with van der Waals surface area (Å²) in [6.07, 6.45) is 0.832. The monoisotopic (exact) mass is 229 g/mol. The molecule has 0 unspecified atom stereocenters. The van der Waals surface area contributed by atoms with Gasteiger partial charge in [-0.15, -0.1) is 0 Å². The van der Waals surface area contributed by atoms with Crippen LogP contribution in [-0.2, 0) is 6.42 Å². The molecule has 1 aromatic rings. The third-order valence-corrected chi connectivity index (χ3v) is 2.20. The van der Waals surface area contributed by atoms with E-state index in [-0.39, 0.29) is 11.8 Å². The van der Waals surface area contributed by atoms with E-state index in [4.69, 9.17) is 5.73 Å². The summed E-state index contributed by atoms with van der Waals surface area (Å²) < 4.78 is 0.723. The Kier molecular flexibility index (Phi) is 3.12. The van der Waals surface area contributed by atoms with Gasteiger partial charge in [-0.1, -0.05) is 6.07 Å². The van der Waals surface area contributed by atoms with Crippen LogP contribution in [-0.4, -0.2) is 11.1 Å². The zero-order valence-corrected chi connectivity index (χ0v) is 8.51. The van der Waals surface area contributed by atoms with Gasteiger partial charge in [-0.25, -0.2) is 0 Å². The van der Waals surface area contributed by atoms with Crippen molar-refractivity contribution in [3.05, 3.63) is 28.2 Å². The Labute approximate surface area is 80.5 Å². The highest BCUT2D eigenvalue weighted by atomic mass is 79.9. The Morgan fingerprint density at radius 3 is 2.75 bits per heavy atom. The lowest BCUT2D eigenvalue weighted by molar-refractivity contribution is 0.471. The molecule has 1 atom stereocenters. The number of phenolic OH excluding ortho intramolecular Hbond substituents is 1. The predicted molar refractivity (Wildman–Crippen MR) is 53.2 cm³/mol. The maximum absolute atomic E-state index is 9.20. The van der Waals surface area contributed by atoms with Gasteiger partial charge in [0.2, 0.25) is 0 Å². The number of nitrogens with two attached hydrogens (primary N) is 1. The van der Waals surface area contributed by atoms with Gasteiger partial charge in [-0.3, -0.25) is 0 Å². The molecule has 3 heteroatoms. The molecular formula is C9H12BrNO. The Morgan fingerprint density at radius 1 is 1.58 bits per heavy atom. The lowest BCUT2D eigenvalue weighted by Gasteiger charge is -2.05. The predicted octanol–water partition coefficient (Wildman–Crippen LogP) is 2.04. The summed E-state index contributed by atoms with van der Waals surface area (Å²) in [5.74, 6) is 0.267. The summed E-state index contributed by atoms with van der Waals surface area (Å²) in [4.78, 5) is 0. The van der Waals surface area contributed by atoms with Gasteiger partial charge in [0.15, 0.2) is 0 Å². The Hall–Kier alpha value is -0.540. The number of rotatable bonds is 2. The molecule has 0 fully saturated rings. The van der Waals surface area contributed by atoms with Crippen LogP contribution < -0.4 is 5.73 Å². The second-order valence-corrected chi connectivity index (χ2v) is 3.82. The molecule has 0 heterocycles. The first kappa shape index (κ1) is 9.55. The number of hydrogen-bond donors (Lipinski definition) is 2. The fraction of sp³-hybridized carbons (Fsp3) is 0.333. The van der Waals surface area contributed by atoms with E-state index in [1.807, 2.05) is 19.1 Å². The molecule has 0 spiro atoms. The first-order chi connectivity index (χ1) is 5.59. The summed E-state index contributed by atoms with van der Waals surface area (Å²) >= 11 is 3.25. The van der Waals surface area contributed by atoms with Gasteiger partial charge in [-0.2, -0.15) is 0 Å². The largest absolute Gasteiger partial charge is 0.507 e. The van der Waals surface area contributed by atoms with E-state index in [0.29, 0.717) is 0 Å². The number of aromatic hydroxyl groups is 1. The number of phenols is 1. The van der Waals surface area contributed by atoms with E-state index in [1.54, 1.807) is 6.07 Å². The van der Waals surface area contributed by atoms with E-state index in [1.165, 1.54) is 0 Å². The van der Waals surface area contributed by atoms with E-state index in [0.717, 1.165) is 16.5 Å². The standard InChI is InChI=1S/C9H12BrNO/c1-6(11)4-7-2-3-9(12)8(10)5-7/h2-3,5-6,12H,4,11H2,1H3/t6-/m1/s1. The van der Waals surface area contributed by atoms with Crippen LogP contribution in [0.3, 0.4) is 0 Å². The molecule has 3 N–H and O–H groups in total. The first-order valence-electron chi connectivity index (χ1n) is 3.82. The first-order valence-corrected chi connectivity index (χ1v) is 4.62. The smallest absolute Gasteiger partial charge is 0.129 e.